The van der Waals surface area contributed by atoms with Gasteiger partial charge in [-0.3, -0.25) is 0 Å². The summed E-state index contributed by atoms with van der Waals surface area (Å²) >= 11 is 0. The Hall–Kier alpha value is -8.20. The van der Waals surface area contributed by atoms with Crippen molar-refractivity contribution in [1.82, 2.24) is 0 Å². The monoisotopic (exact) mass is 844 g/mol. The predicted molar refractivity (Wildman–Crippen MR) is 278 cm³/mol. The largest absolute Gasteiger partial charge is 0.310 e. The van der Waals surface area contributed by atoms with E-state index >= 15 is 0 Å². The zero-order chi connectivity index (χ0) is 43.8. The van der Waals surface area contributed by atoms with Crippen molar-refractivity contribution >= 4 is 34.1 Å². The van der Waals surface area contributed by atoms with Crippen molar-refractivity contribution in [3.05, 3.63) is 265 Å². The molecule has 0 unspecified atom stereocenters. The van der Waals surface area contributed by atoms with Gasteiger partial charge in [-0.2, -0.15) is 0 Å². The molecule has 0 fully saturated rings. The molecule has 0 spiro atoms. The van der Waals surface area contributed by atoms with Gasteiger partial charge in [0.2, 0.25) is 0 Å². The van der Waals surface area contributed by atoms with Crippen LogP contribution in [0.15, 0.2) is 243 Å². The highest BCUT2D eigenvalue weighted by Gasteiger charge is 2.30. The standard InChI is InChI=1S/C64H48N2/c1-5-17-45(18-6-1)49-25-13-29-57(37-49)65(58-30-14-26-50(38-58)46-19-7-2-8-20-46)61-41-53-33-35-55-43-62(44-56-36-34-54(42-61)63(53)64(55)56)66(59-31-15-27-51(39-59)47-21-9-3-10-22-47)60-32-16-28-52(40-60)48-23-11-4-12-24-48/h1-32,37-44H,33-36H2. The number of aryl methyl sites for hydroxylation is 4. The topological polar surface area (TPSA) is 6.48 Å². The third-order valence-electron chi connectivity index (χ3n) is 13.5. The third kappa shape index (κ3) is 7.47. The summed E-state index contributed by atoms with van der Waals surface area (Å²) in [7, 11) is 0. The van der Waals surface area contributed by atoms with Crippen LogP contribution in [0.1, 0.15) is 22.3 Å². The Kier molecular flexibility index (Phi) is 10.2. The van der Waals surface area contributed by atoms with Crippen LogP contribution in [-0.2, 0) is 25.7 Å². The molecule has 10 aromatic carbocycles. The van der Waals surface area contributed by atoms with E-state index in [1.807, 2.05) is 0 Å². The van der Waals surface area contributed by atoms with Gasteiger partial charge in [-0.05, 0) is 176 Å². The van der Waals surface area contributed by atoms with Gasteiger partial charge in [-0.25, -0.2) is 0 Å². The summed E-state index contributed by atoms with van der Waals surface area (Å²) < 4.78 is 0. The minimum atomic E-state index is 0.987. The Labute approximate surface area is 388 Å². The molecule has 12 rings (SSSR count). The molecule has 0 radical (unpaired) electrons. The quantitative estimate of drug-likeness (QED) is 0.135. The Morgan fingerprint density at radius 2 is 0.424 bits per heavy atom. The Morgan fingerprint density at radius 3 is 0.667 bits per heavy atom. The van der Waals surface area contributed by atoms with Crippen LogP contribution < -0.4 is 9.80 Å². The van der Waals surface area contributed by atoms with E-state index in [4.69, 9.17) is 0 Å². The average molecular weight is 845 g/mol. The number of anilines is 6. The highest BCUT2D eigenvalue weighted by Crippen LogP contribution is 2.49. The molecule has 0 aliphatic heterocycles. The summed E-state index contributed by atoms with van der Waals surface area (Å²) in [6, 6.07) is 89.0. The van der Waals surface area contributed by atoms with Gasteiger partial charge in [0.05, 0.1) is 0 Å². The van der Waals surface area contributed by atoms with Gasteiger partial charge in [-0.1, -0.05) is 170 Å². The molecule has 0 N–H and O–H groups in total. The fourth-order valence-corrected chi connectivity index (χ4v) is 10.4. The Bertz CT molecular complexity index is 2910. The maximum Gasteiger partial charge on any atom is 0.0467 e. The van der Waals surface area contributed by atoms with Gasteiger partial charge in [0.1, 0.15) is 0 Å². The van der Waals surface area contributed by atoms with Gasteiger partial charge in [0, 0.05) is 34.1 Å². The molecule has 2 nitrogen and oxygen atoms in total. The lowest BCUT2D eigenvalue weighted by Gasteiger charge is -2.35. The van der Waals surface area contributed by atoms with Crippen molar-refractivity contribution in [3.63, 3.8) is 0 Å². The smallest absolute Gasteiger partial charge is 0.0467 e. The fraction of sp³-hybridized carbons (Fsp3) is 0.0625. The summed E-state index contributed by atoms with van der Waals surface area (Å²) in [5, 5.41) is 0. The van der Waals surface area contributed by atoms with E-state index in [-0.39, 0.29) is 0 Å². The van der Waals surface area contributed by atoms with Gasteiger partial charge in [0.25, 0.3) is 0 Å². The first-order valence-electron chi connectivity index (χ1n) is 23.2. The van der Waals surface area contributed by atoms with Crippen LogP contribution in [-0.4, -0.2) is 0 Å². The molecule has 0 amide bonds. The first-order valence-corrected chi connectivity index (χ1v) is 23.2. The third-order valence-corrected chi connectivity index (χ3v) is 13.5. The second-order valence-corrected chi connectivity index (χ2v) is 17.6. The van der Waals surface area contributed by atoms with E-state index in [1.165, 1.54) is 89.3 Å². The van der Waals surface area contributed by atoms with Gasteiger partial charge in [0.15, 0.2) is 0 Å². The second kappa shape index (κ2) is 17.1. The van der Waals surface area contributed by atoms with E-state index < -0.39 is 0 Å². The molecule has 0 heterocycles. The first-order chi connectivity index (χ1) is 32.7. The van der Waals surface area contributed by atoms with Crippen molar-refractivity contribution in [3.8, 4) is 55.6 Å². The van der Waals surface area contributed by atoms with Crippen LogP contribution in [0.25, 0.3) is 55.6 Å². The maximum atomic E-state index is 2.49. The van der Waals surface area contributed by atoms with Gasteiger partial charge in [-0.15, -0.1) is 0 Å². The molecular weight excluding hydrogens is 797 g/mol. The number of hydrogen-bond acceptors (Lipinski definition) is 2. The van der Waals surface area contributed by atoms with E-state index in [0.717, 1.165) is 48.4 Å². The molecule has 0 saturated heterocycles. The molecule has 2 aliphatic carbocycles. The lowest BCUT2D eigenvalue weighted by molar-refractivity contribution is 0.875. The lowest BCUT2D eigenvalue weighted by atomic mass is 9.75. The number of benzene rings is 10. The van der Waals surface area contributed by atoms with Crippen LogP contribution in [0.3, 0.4) is 0 Å². The minimum Gasteiger partial charge on any atom is -0.310 e. The summed E-state index contributed by atoms with van der Waals surface area (Å²) in [6.45, 7) is 0. The van der Waals surface area contributed by atoms with Gasteiger partial charge >= 0.3 is 0 Å². The fourth-order valence-electron chi connectivity index (χ4n) is 10.4. The summed E-state index contributed by atoms with van der Waals surface area (Å²) in [6.07, 6.45) is 3.95. The molecule has 314 valence electrons. The molecule has 0 saturated carbocycles. The summed E-state index contributed by atoms with van der Waals surface area (Å²) in [5.41, 5.74) is 25.4. The number of nitrogens with zero attached hydrogens (tertiary/aromatic N) is 2. The van der Waals surface area contributed by atoms with Crippen molar-refractivity contribution in [2.75, 3.05) is 9.80 Å². The zero-order valence-corrected chi connectivity index (χ0v) is 36.8. The molecule has 2 heteroatoms. The van der Waals surface area contributed by atoms with Gasteiger partial charge < -0.3 is 9.80 Å². The Balaban J connectivity index is 0.979. The molecule has 0 atom stereocenters. The number of rotatable bonds is 10. The average Bonchev–Trinajstić information content (AvgIpc) is 3.39. The van der Waals surface area contributed by atoms with E-state index in [1.54, 1.807) is 0 Å². The highest BCUT2D eigenvalue weighted by atomic mass is 15.1. The van der Waals surface area contributed by atoms with E-state index in [2.05, 4.69) is 252 Å². The van der Waals surface area contributed by atoms with Crippen LogP contribution in [0.2, 0.25) is 0 Å². The summed E-state index contributed by atoms with van der Waals surface area (Å²) in [5.74, 6) is 0. The molecule has 0 bridgehead atoms. The van der Waals surface area contributed by atoms with Crippen LogP contribution in [0.4, 0.5) is 34.1 Å². The summed E-state index contributed by atoms with van der Waals surface area (Å²) in [4.78, 5) is 4.96. The molecular formula is C64H48N2. The second-order valence-electron chi connectivity index (χ2n) is 17.6. The SMILES string of the molecule is c1ccc(-c2cccc(N(c3cccc(-c4ccccc4)c3)c3cc4c5c(c3)CCc3cc(N(c6cccc(-c7ccccc7)c6)c6cccc(-c7ccccc7)c6)cc(c3-5)CC4)c2)cc1. The van der Waals surface area contributed by atoms with E-state index in [0.29, 0.717) is 0 Å². The Morgan fingerprint density at radius 1 is 0.197 bits per heavy atom. The molecule has 0 aromatic heterocycles. The molecule has 2 aliphatic rings. The molecule has 10 aromatic rings. The van der Waals surface area contributed by atoms with E-state index in [9.17, 15) is 0 Å². The highest BCUT2D eigenvalue weighted by molar-refractivity contribution is 5.90. The lowest BCUT2D eigenvalue weighted by Crippen LogP contribution is -2.18. The van der Waals surface area contributed by atoms with Crippen LogP contribution >= 0.6 is 0 Å². The zero-order valence-electron chi connectivity index (χ0n) is 36.8. The number of hydrogen-bond donors (Lipinski definition) is 0. The molecule has 66 heavy (non-hydrogen) atoms. The minimum absolute atomic E-state index is 0.987. The van der Waals surface area contributed by atoms with Crippen molar-refractivity contribution in [2.24, 2.45) is 0 Å². The van der Waals surface area contributed by atoms with Crippen molar-refractivity contribution in [1.29, 1.82) is 0 Å². The predicted octanol–water partition coefficient (Wildman–Crippen LogP) is 17.2. The van der Waals surface area contributed by atoms with Crippen molar-refractivity contribution < 1.29 is 0 Å². The normalized spacial score (nSPS) is 12.3. The first kappa shape index (κ1) is 39.4. The van der Waals surface area contributed by atoms with Crippen LogP contribution in [0, 0.1) is 0 Å². The van der Waals surface area contributed by atoms with Crippen molar-refractivity contribution in [2.45, 2.75) is 25.7 Å². The van der Waals surface area contributed by atoms with Crippen LogP contribution in [0.5, 0.6) is 0 Å². The maximum absolute atomic E-state index is 2.49.